The van der Waals surface area contributed by atoms with E-state index in [-0.39, 0.29) is 12.4 Å². The van der Waals surface area contributed by atoms with Gasteiger partial charge in [0.2, 0.25) is 0 Å². The number of carboxylic acids is 1. The van der Waals surface area contributed by atoms with Crippen LogP contribution in [-0.2, 0) is 27.4 Å². The third-order valence-corrected chi connectivity index (χ3v) is 4.59. The van der Waals surface area contributed by atoms with Gasteiger partial charge < -0.3 is 19.9 Å². The molecule has 0 saturated carbocycles. The maximum atomic E-state index is 11.6. The molecule has 1 aliphatic heterocycles. The molecule has 0 aliphatic carbocycles. The van der Waals surface area contributed by atoms with Crippen molar-refractivity contribution in [2.75, 3.05) is 20.7 Å². The molecule has 0 atom stereocenters. The normalized spacial score (nSPS) is 13.6. The van der Waals surface area contributed by atoms with Crippen molar-refractivity contribution in [2.24, 2.45) is 0 Å². The van der Waals surface area contributed by atoms with E-state index >= 15 is 0 Å². The highest BCUT2D eigenvalue weighted by Gasteiger charge is 2.38. The summed E-state index contributed by atoms with van der Waals surface area (Å²) in [5.74, 6) is -2.15. The number of benzene rings is 2. The fraction of sp³-hybridized carbons (Fsp3) is 0.304. The minimum absolute atomic E-state index is 0.240. The van der Waals surface area contributed by atoms with Crippen LogP contribution in [0.25, 0.3) is 5.57 Å². The Hall–Kier alpha value is -3.33. The Labute approximate surface area is 183 Å². The molecule has 0 bridgehead atoms. The van der Waals surface area contributed by atoms with Crippen molar-refractivity contribution in [2.45, 2.75) is 25.6 Å². The van der Waals surface area contributed by atoms with Crippen LogP contribution in [-0.4, -0.2) is 43.9 Å². The summed E-state index contributed by atoms with van der Waals surface area (Å²) in [7, 11) is 3.36. The summed E-state index contributed by atoms with van der Waals surface area (Å²) >= 11 is 0. The zero-order chi connectivity index (χ0) is 23.7. The molecule has 1 heterocycles. The molecule has 0 fully saturated rings. The van der Waals surface area contributed by atoms with Crippen LogP contribution < -0.4 is 10.1 Å². The lowest BCUT2D eigenvalue weighted by molar-refractivity contribution is -0.192. The average Bonchev–Trinajstić information content (AvgIpc) is 2.90. The van der Waals surface area contributed by atoms with Gasteiger partial charge in [-0.25, -0.2) is 4.79 Å². The van der Waals surface area contributed by atoms with Crippen molar-refractivity contribution in [3.05, 3.63) is 70.8 Å². The summed E-state index contributed by atoms with van der Waals surface area (Å²) in [6, 6.07) is 14.2. The zero-order valence-electron chi connectivity index (χ0n) is 17.7. The monoisotopic (exact) mass is 451 g/mol. The number of ether oxygens (including phenoxy) is 2. The van der Waals surface area contributed by atoms with E-state index in [1.54, 1.807) is 0 Å². The van der Waals surface area contributed by atoms with E-state index in [2.05, 4.69) is 23.5 Å². The summed E-state index contributed by atoms with van der Waals surface area (Å²) in [5, 5.41) is 10.3. The number of rotatable bonds is 5. The lowest BCUT2D eigenvalue weighted by Crippen LogP contribution is -2.21. The summed E-state index contributed by atoms with van der Waals surface area (Å²) in [6.07, 6.45) is -1.67. The predicted molar refractivity (Wildman–Crippen MR) is 112 cm³/mol. The fourth-order valence-electron chi connectivity index (χ4n) is 3.05. The highest BCUT2D eigenvalue weighted by Crippen LogP contribution is 2.37. The minimum Gasteiger partial charge on any atom is -0.488 e. The molecule has 0 amide bonds. The molecule has 2 N–H and O–H groups in total. The minimum atomic E-state index is -5.08. The van der Waals surface area contributed by atoms with E-state index in [9.17, 15) is 18.0 Å². The molecular weight excluding hydrogens is 427 g/mol. The molecule has 0 aromatic heterocycles. The Morgan fingerprint density at radius 3 is 2.50 bits per heavy atom. The highest BCUT2D eigenvalue weighted by atomic mass is 19.4. The summed E-state index contributed by atoms with van der Waals surface area (Å²) in [6.45, 7) is 1.45. The molecule has 0 radical (unpaired) electrons. The molecule has 32 heavy (non-hydrogen) atoms. The molecule has 6 nitrogen and oxygen atoms in total. The molecule has 1 aliphatic rings. The molecule has 172 valence electrons. The van der Waals surface area contributed by atoms with Crippen molar-refractivity contribution in [3.8, 4) is 5.75 Å². The Morgan fingerprint density at radius 2 is 1.88 bits per heavy atom. The van der Waals surface area contributed by atoms with Crippen LogP contribution in [0.4, 0.5) is 13.2 Å². The Morgan fingerprint density at radius 1 is 1.19 bits per heavy atom. The van der Waals surface area contributed by atoms with E-state index in [1.165, 1.54) is 18.2 Å². The van der Waals surface area contributed by atoms with E-state index in [1.807, 2.05) is 37.4 Å². The first-order chi connectivity index (χ1) is 15.2. The van der Waals surface area contributed by atoms with Gasteiger partial charge in [-0.05, 0) is 54.4 Å². The van der Waals surface area contributed by atoms with Crippen molar-refractivity contribution in [1.29, 1.82) is 0 Å². The van der Waals surface area contributed by atoms with Crippen molar-refractivity contribution >= 4 is 17.5 Å². The lowest BCUT2D eigenvalue weighted by atomic mass is 9.92. The van der Waals surface area contributed by atoms with Gasteiger partial charge in [-0.3, -0.25) is 4.79 Å². The molecule has 0 unspecified atom stereocenters. The molecule has 0 saturated heterocycles. The number of fused-ring (bicyclic) bond motifs is 2. The van der Waals surface area contributed by atoms with Crippen LogP contribution in [0.1, 0.15) is 28.7 Å². The number of methoxy groups -OCH3 is 1. The second-order valence-electron chi connectivity index (χ2n) is 6.84. The fourth-order valence-corrected chi connectivity index (χ4v) is 3.05. The molecule has 3 rings (SSSR count). The number of aliphatic carboxylic acids is 1. The second-order valence-corrected chi connectivity index (χ2v) is 6.84. The van der Waals surface area contributed by atoms with Gasteiger partial charge in [0.1, 0.15) is 12.4 Å². The quantitative estimate of drug-likeness (QED) is 0.529. The molecular formula is C23H24F3NO5. The second kappa shape index (κ2) is 11.3. The molecule has 2 aromatic rings. The van der Waals surface area contributed by atoms with E-state index < -0.39 is 12.1 Å². The third-order valence-electron chi connectivity index (χ3n) is 4.59. The van der Waals surface area contributed by atoms with Crippen LogP contribution in [0, 0.1) is 0 Å². The van der Waals surface area contributed by atoms with Crippen molar-refractivity contribution in [1.82, 2.24) is 5.32 Å². The molecule has 9 heteroatoms. The number of carbonyl (C=O) groups is 2. The first-order valence-electron chi connectivity index (χ1n) is 9.73. The SMILES string of the molecule is CNCC/C=C1/c2ccccc2COc2ccc(CC(=O)OC)cc21.O=C(O)C(F)(F)F. The largest absolute Gasteiger partial charge is 0.490 e. The van der Waals surface area contributed by atoms with E-state index in [0.29, 0.717) is 6.61 Å². The number of carbonyl (C=O) groups excluding carboxylic acids is 1. The lowest BCUT2D eigenvalue weighted by Gasteiger charge is -2.12. The Bertz CT molecular complexity index is 986. The summed E-state index contributed by atoms with van der Waals surface area (Å²) in [5.41, 5.74) is 5.47. The maximum absolute atomic E-state index is 11.6. The van der Waals surface area contributed by atoms with Gasteiger partial charge in [0.25, 0.3) is 0 Å². The number of carboxylic acid groups (broad SMARTS) is 1. The molecule has 0 spiro atoms. The number of esters is 1. The van der Waals surface area contributed by atoms with Crippen LogP contribution in [0.3, 0.4) is 0 Å². The number of hydrogen-bond donors (Lipinski definition) is 2. The Kier molecular flexibility index (Phi) is 8.83. The summed E-state index contributed by atoms with van der Waals surface area (Å²) in [4.78, 5) is 20.5. The van der Waals surface area contributed by atoms with Gasteiger partial charge in [0.15, 0.2) is 0 Å². The van der Waals surface area contributed by atoms with Gasteiger partial charge in [0.05, 0.1) is 13.5 Å². The summed E-state index contributed by atoms with van der Waals surface area (Å²) < 4.78 is 42.6. The highest BCUT2D eigenvalue weighted by molar-refractivity contribution is 5.85. The van der Waals surface area contributed by atoms with Crippen molar-refractivity contribution in [3.63, 3.8) is 0 Å². The van der Waals surface area contributed by atoms with Crippen LogP contribution in [0.5, 0.6) is 5.75 Å². The standard InChI is InChI=1S/C21H23NO3.C2HF3O2/c1-22-11-5-8-18-17-7-4-3-6-16(17)14-25-20-10-9-15(12-19(18)20)13-21(23)24-2;3-2(4,5)1(6)7/h3-4,6-10,12,22H,5,11,13-14H2,1-2H3;(H,6,7)/b18-8-;. The van der Waals surface area contributed by atoms with E-state index in [4.69, 9.17) is 19.4 Å². The Balaban J connectivity index is 0.000000451. The van der Waals surface area contributed by atoms with Gasteiger partial charge in [0, 0.05) is 5.56 Å². The number of nitrogens with one attached hydrogen (secondary N) is 1. The first kappa shape index (κ1) is 24.9. The zero-order valence-corrected chi connectivity index (χ0v) is 17.7. The number of halogens is 3. The number of alkyl halides is 3. The smallest absolute Gasteiger partial charge is 0.488 e. The predicted octanol–water partition coefficient (Wildman–Crippen LogP) is 3.97. The van der Waals surface area contributed by atoms with E-state index in [0.717, 1.165) is 35.4 Å². The van der Waals surface area contributed by atoms with Gasteiger partial charge in [-0.1, -0.05) is 36.4 Å². The van der Waals surface area contributed by atoms with Crippen LogP contribution >= 0.6 is 0 Å². The van der Waals surface area contributed by atoms with Crippen LogP contribution in [0.15, 0.2) is 48.5 Å². The van der Waals surface area contributed by atoms with Crippen molar-refractivity contribution < 1.29 is 37.3 Å². The first-order valence-corrected chi connectivity index (χ1v) is 9.73. The average molecular weight is 451 g/mol. The third kappa shape index (κ3) is 6.84. The molecule has 2 aromatic carbocycles. The van der Waals surface area contributed by atoms with Gasteiger partial charge in [-0.2, -0.15) is 13.2 Å². The van der Waals surface area contributed by atoms with Gasteiger partial charge >= 0.3 is 18.1 Å². The number of hydrogen-bond acceptors (Lipinski definition) is 5. The van der Waals surface area contributed by atoms with Gasteiger partial charge in [-0.15, -0.1) is 0 Å². The topological polar surface area (TPSA) is 84.9 Å². The van der Waals surface area contributed by atoms with Crippen LogP contribution in [0.2, 0.25) is 0 Å². The maximum Gasteiger partial charge on any atom is 0.490 e.